The highest BCUT2D eigenvalue weighted by Gasteiger charge is 2.29. The molecule has 21 heavy (non-hydrogen) atoms. The topological polar surface area (TPSA) is 55.4 Å². The number of fused-ring (bicyclic) bond motifs is 1. The fraction of sp³-hybridized carbons (Fsp3) is 0.125. The lowest BCUT2D eigenvalue weighted by atomic mass is 10.1. The van der Waals surface area contributed by atoms with Crippen LogP contribution in [0.5, 0.6) is 5.75 Å². The number of ketones is 1. The van der Waals surface area contributed by atoms with Gasteiger partial charge >= 0.3 is 0 Å². The van der Waals surface area contributed by atoms with Crippen LogP contribution in [0.25, 0.3) is 0 Å². The van der Waals surface area contributed by atoms with Gasteiger partial charge in [0.2, 0.25) is 6.10 Å². The molecule has 0 aliphatic carbocycles. The lowest BCUT2D eigenvalue weighted by Gasteiger charge is -2.26. The Kier molecular flexibility index (Phi) is 3.62. The molecule has 0 spiro atoms. The first-order chi connectivity index (χ1) is 10.2. The average molecular weight is 302 g/mol. The highest BCUT2D eigenvalue weighted by molar-refractivity contribution is 6.30. The van der Waals surface area contributed by atoms with Gasteiger partial charge in [0, 0.05) is 11.1 Å². The summed E-state index contributed by atoms with van der Waals surface area (Å²) in [7, 11) is 0. The molecule has 0 fully saturated rings. The molecule has 5 heteroatoms. The molecule has 1 N–H and O–H groups in total. The predicted molar refractivity (Wildman–Crippen MR) is 79.9 cm³/mol. The van der Waals surface area contributed by atoms with Crippen LogP contribution < -0.4 is 10.1 Å². The van der Waals surface area contributed by atoms with Gasteiger partial charge in [-0.3, -0.25) is 9.59 Å². The minimum atomic E-state index is -0.687. The maximum atomic E-state index is 12.2. The Morgan fingerprint density at radius 3 is 2.67 bits per heavy atom. The van der Waals surface area contributed by atoms with Gasteiger partial charge in [0.25, 0.3) is 5.91 Å². The fourth-order valence-electron chi connectivity index (χ4n) is 2.21. The molecule has 0 aromatic heterocycles. The van der Waals surface area contributed by atoms with Gasteiger partial charge in [-0.25, -0.2) is 0 Å². The van der Waals surface area contributed by atoms with Gasteiger partial charge in [0.05, 0.1) is 11.6 Å². The lowest BCUT2D eigenvalue weighted by Crippen LogP contribution is -2.30. The molecule has 1 unspecified atom stereocenters. The van der Waals surface area contributed by atoms with Gasteiger partial charge in [-0.15, -0.1) is 11.6 Å². The number of benzene rings is 2. The summed E-state index contributed by atoms with van der Waals surface area (Å²) in [6.07, 6.45) is -0.687. The summed E-state index contributed by atoms with van der Waals surface area (Å²) in [5.74, 6) is -0.0158. The zero-order valence-electron chi connectivity index (χ0n) is 11.0. The number of hydrogen-bond acceptors (Lipinski definition) is 3. The highest BCUT2D eigenvalue weighted by atomic mass is 35.5. The third-order valence-electron chi connectivity index (χ3n) is 3.27. The molecule has 106 valence electrons. The number of alkyl halides is 1. The van der Waals surface area contributed by atoms with E-state index < -0.39 is 6.10 Å². The van der Waals surface area contributed by atoms with Crippen LogP contribution in [0.2, 0.25) is 0 Å². The van der Waals surface area contributed by atoms with Gasteiger partial charge in [0.15, 0.2) is 5.78 Å². The van der Waals surface area contributed by atoms with Crippen molar-refractivity contribution in [1.82, 2.24) is 0 Å². The third kappa shape index (κ3) is 2.62. The van der Waals surface area contributed by atoms with Crippen molar-refractivity contribution in [3.8, 4) is 5.75 Å². The Morgan fingerprint density at radius 2 is 1.95 bits per heavy atom. The van der Waals surface area contributed by atoms with Gasteiger partial charge in [-0.1, -0.05) is 30.3 Å². The highest BCUT2D eigenvalue weighted by Crippen LogP contribution is 2.35. The first kappa shape index (κ1) is 13.6. The van der Waals surface area contributed by atoms with Crippen molar-refractivity contribution in [2.75, 3.05) is 11.2 Å². The van der Waals surface area contributed by atoms with Crippen molar-refractivity contribution < 1.29 is 14.3 Å². The number of rotatable bonds is 3. The van der Waals surface area contributed by atoms with Crippen LogP contribution in [-0.4, -0.2) is 17.6 Å². The SMILES string of the molecule is O=C(CCl)c1ccc2c(c1)NC(=O)C(c1ccccc1)O2. The molecule has 0 radical (unpaired) electrons. The number of amides is 1. The zero-order chi connectivity index (χ0) is 14.8. The third-order valence-corrected chi connectivity index (χ3v) is 3.51. The number of carbonyl (C=O) groups is 2. The van der Waals surface area contributed by atoms with Crippen LogP contribution in [-0.2, 0) is 4.79 Å². The summed E-state index contributed by atoms with van der Waals surface area (Å²) < 4.78 is 5.74. The quantitative estimate of drug-likeness (QED) is 0.700. The van der Waals surface area contributed by atoms with Gasteiger partial charge < -0.3 is 10.1 Å². The van der Waals surface area contributed by atoms with Gasteiger partial charge in [-0.2, -0.15) is 0 Å². The number of halogens is 1. The number of carbonyl (C=O) groups excluding carboxylic acids is 2. The second-order valence-electron chi connectivity index (χ2n) is 4.67. The summed E-state index contributed by atoms with van der Waals surface area (Å²) in [6.45, 7) is 0. The Labute approximate surface area is 126 Å². The Morgan fingerprint density at radius 1 is 1.19 bits per heavy atom. The molecule has 1 aliphatic heterocycles. The molecule has 0 saturated heterocycles. The van der Waals surface area contributed by atoms with E-state index in [2.05, 4.69) is 5.32 Å². The minimum Gasteiger partial charge on any atom is -0.474 e. The monoisotopic (exact) mass is 301 g/mol. The van der Waals surface area contributed by atoms with Crippen molar-refractivity contribution in [3.63, 3.8) is 0 Å². The number of nitrogens with one attached hydrogen (secondary N) is 1. The van der Waals surface area contributed by atoms with E-state index in [1.807, 2.05) is 30.3 Å². The van der Waals surface area contributed by atoms with Crippen molar-refractivity contribution in [1.29, 1.82) is 0 Å². The molecular weight excluding hydrogens is 290 g/mol. The maximum absolute atomic E-state index is 12.2. The Bertz CT molecular complexity index is 700. The first-order valence-corrected chi connectivity index (χ1v) is 6.98. The number of anilines is 1. The molecule has 1 aliphatic rings. The van der Waals surface area contributed by atoms with Crippen LogP contribution >= 0.6 is 11.6 Å². The number of ether oxygens (including phenoxy) is 1. The summed E-state index contributed by atoms with van der Waals surface area (Å²) >= 11 is 5.53. The van der Waals surface area contributed by atoms with E-state index in [0.29, 0.717) is 17.0 Å². The van der Waals surface area contributed by atoms with Gasteiger partial charge in [-0.05, 0) is 18.2 Å². The summed E-state index contributed by atoms with van der Waals surface area (Å²) in [6, 6.07) is 14.1. The molecule has 3 rings (SSSR count). The van der Waals surface area contributed by atoms with Crippen LogP contribution in [0.15, 0.2) is 48.5 Å². The van der Waals surface area contributed by atoms with Crippen LogP contribution in [0, 0.1) is 0 Å². The molecule has 0 saturated carbocycles. The van der Waals surface area contributed by atoms with E-state index in [1.165, 1.54) is 0 Å². The van der Waals surface area contributed by atoms with Crippen LogP contribution in [0.1, 0.15) is 22.0 Å². The van der Waals surface area contributed by atoms with Crippen LogP contribution in [0.4, 0.5) is 5.69 Å². The number of hydrogen-bond donors (Lipinski definition) is 1. The molecule has 2 aromatic carbocycles. The van der Waals surface area contributed by atoms with E-state index in [0.717, 1.165) is 5.56 Å². The molecule has 1 amide bonds. The maximum Gasteiger partial charge on any atom is 0.270 e. The van der Waals surface area contributed by atoms with E-state index >= 15 is 0 Å². The van der Waals surface area contributed by atoms with Crippen molar-refractivity contribution in [2.45, 2.75) is 6.10 Å². The van der Waals surface area contributed by atoms with Gasteiger partial charge in [0.1, 0.15) is 5.75 Å². The van der Waals surface area contributed by atoms with E-state index in [4.69, 9.17) is 16.3 Å². The largest absolute Gasteiger partial charge is 0.474 e. The summed E-state index contributed by atoms with van der Waals surface area (Å²) in [5.41, 5.74) is 1.72. The zero-order valence-corrected chi connectivity index (χ0v) is 11.8. The van der Waals surface area contributed by atoms with E-state index in [1.54, 1.807) is 18.2 Å². The average Bonchev–Trinajstić information content (AvgIpc) is 2.53. The standard InChI is InChI=1S/C16H12ClNO3/c17-9-13(19)11-6-7-14-12(8-11)18-16(20)15(21-14)10-4-2-1-3-5-10/h1-8,15H,9H2,(H,18,20). The smallest absolute Gasteiger partial charge is 0.270 e. The minimum absolute atomic E-state index is 0.0970. The molecule has 2 aromatic rings. The number of Topliss-reactive ketones (excluding diaryl/α,β-unsaturated/α-hetero) is 1. The molecule has 1 heterocycles. The molecule has 0 bridgehead atoms. The Hall–Kier alpha value is -2.33. The first-order valence-electron chi connectivity index (χ1n) is 6.44. The van der Waals surface area contributed by atoms with E-state index in [9.17, 15) is 9.59 Å². The van der Waals surface area contributed by atoms with Crippen molar-refractivity contribution in [3.05, 3.63) is 59.7 Å². The summed E-state index contributed by atoms with van der Waals surface area (Å²) in [4.78, 5) is 23.7. The lowest BCUT2D eigenvalue weighted by molar-refractivity contribution is -0.123. The fourth-order valence-corrected chi connectivity index (χ4v) is 2.36. The second-order valence-corrected chi connectivity index (χ2v) is 4.93. The predicted octanol–water partition coefficient (Wildman–Crippen LogP) is 3.18. The van der Waals surface area contributed by atoms with Crippen molar-refractivity contribution >= 4 is 29.0 Å². The van der Waals surface area contributed by atoms with Crippen LogP contribution in [0.3, 0.4) is 0 Å². The molecular formula is C16H12ClNO3. The molecule has 1 atom stereocenters. The summed E-state index contributed by atoms with van der Waals surface area (Å²) in [5, 5.41) is 2.77. The van der Waals surface area contributed by atoms with Crippen molar-refractivity contribution in [2.24, 2.45) is 0 Å². The second kappa shape index (κ2) is 5.58. The van der Waals surface area contributed by atoms with E-state index in [-0.39, 0.29) is 17.6 Å². The Balaban J connectivity index is 1.92. The normalized spacial score (nSPS) is 16.6. The molecule has 4 nitrogen and oxygen atoms in total.